The van der Waals surface area contributed by atoms with Crippen LogP contribution in [0.2, 0.25) is 0 Å². The number of aryl methyl sites for hydroxylation is 1. The van der Waals surface area contributed by atoms with Crippen molar-refractivity contribution in [1.82, 2.24) is 10.6 Å². The maximum atomic E-state index is 12.5. The van der Waals surface area contributed by atoms with Crippen LogP contribution in [-0.4, -0.2) is 18.4 Å². The van der Waals surface area contributed by atoms with Gasteiger partial charge in [0.25, 0.3) is 0 Å². The van der Waals surface area contributed by atoms with Gasteiger partial charge in [-0.15, -0.1) is 0 Å². The van der Waals surface area contributed by atoms with Gasteiger partial charge in [0.15, 0.2) is 0 Å². The van der Waals surface area contributed by atoms with E-state index in [4.69, 9.17) is 0 Å². The minimum atomic E-state index is -0.349. The molecule has 0 spiro atoms. The Bertz CT molecular complexity index is 741. The molecule has 2 aromatic carbocycles. The number of hydrogen-bond donors (Lipinski definition) is 3. The third kappa shape index (κ3) is 6.33. The lowest BCUT2D eigenvalue weighted by atomic mass is 10.0. The SMILES string of the molecule is CCNCc1cccc(NC(=O)CC(NC(C)=O)c2ccc(C)cc2)c1. The van der Waals surface area contributed by atoms with Crippen LogP contribution in [0.25, 0.3) is 0 Å². The summed E-state index contributed by atoms with van der Waals surface area (Å²) in [6.45, 7) is 7.18. The molecule has 0 saturated heterocycles. The van der Waals surface area contributed by atoms with Gasteiger partial charge in [0.05, 0.1) is 12.5 Å². The van der Waals surface area contributed by atoms with Crippen LogP contribution >= 0.6 is 0 Å². The van der Waals surface area contributed by atoms with E-state index in [0.29, 0.717) is 0 Å². The van der Waals surface area contributed by atoms with Crippen LogP contribution in [0.3, 0.4) is 0 Å². The fourth-order valence-corrected chi connectivity index (χ4v) is 2.72. The molecule has 0 aliphatic heterocycles. The standard InChI is InChI=1S/C21H27N3O2/c1-4-22-14-17-6-5-7-19(12-17)24-21(26)13-20(23-16(3)25)18-10-8-15(2)9-11-18/h5-12,20,22H,4,13-14H2,1-3H3,(H,23,25)(H,24,26). The lowest BCUT2D eigenvalue weighted by Gasteiger charge is -2.18. The van der Waals surface area contributed by atoms with E-state index < -0.39 is 0 Å². The number of anilines is 1. The number of benzene rings is 2. The fourth-order valence-electron chi connectivity index (χ4n) is 2.72. The maximum Gasteiger partial charge on any atom is 0.226 e. The zero-order valence-electron chi connectivity index (χ0n) is 15.6. The first kappa shape index (κ1) is 19.7. The zero-order valence-corrected chi connectivity index (χ0v) is 15.6. The molecular weight excluding hydrogens is 326 g/mol. The van der Waals surface area contributed by atoms with E-state index in [1.54, 1.807) is 0 Å². The molecule has 1 atom stereocenters. The van der Waals surface area contributed by atoms with Gasteiger partial charge in [-0.1, -0.05) is 48.9 Å². The maximum absolute atomic E-state index is 12.5. The molecule has 3 N–H and O–H groups in total. The highest BCUT2D eigenvalue weighted by Crippen LogP contribution is 2.19. The molecule has 0 aliphatic rings. The summed E-state index contributed by atoms with van der Waals surface area (Å²) in [6.07, 6.45) is 0.181. The summed E-state index contributed by atoms with van der Waals surface area (Å²) < 4.78 is 0. The molecule has 5 nitrogen and oxygen atoms in total. The average molecular weight is 353 g/mol. The number of carbonyl (C=O) groups is 2. The predicted octanol–water partition coefficient (Wildman–Crippen LogP) is 3.31. The molecule has 0 heterocycles. The van der Waals surface area contributed by atoms with Crippen molar-refractivity contribution in [3.05, 3.63) is 65.2 Å². The summed E-state index contributed by atoms with van der Waals surface area (Å²) in [4.78, 5) is 24.0. The molecule has 2 rings (SSSR count). The van der Waals surface area contributed by atoms with Crippen molar-refractivity contribution in [3.63, 3.8) is 0 Å². The van der Waals surface area contributed by atoms with Crippen molar-refractivity contribution in [2.75, 3.05) is 11.9 Å². The third-order valence-corrected chi connectivity index (χ3v) is 4.04. The number of rotatable bonds is 8. The summed E-state index contributed by atoms with van der Waals surface area (Å²) in [5.41, 5.74) is 3.93. The van der Waals surface area contributed by atoms with Crippen LogP contribution < -0.4 is 16.0 Å². The molecule has 0 saturated carbocycles. The van der Waals surface area contributed by atoms with E-state index in [1.807, 2.05) is 55.5 Å². The highest BCUT2D eigenvalue weighted by atomic mass is 16.2. The van der Waals surface area contributed by atoms with Crippen molar-refractivity contribution in [2.45, 2.75) is 39.8 Å². The topological polar surface area (TPSA) is 70.2 Å². The van der Waals surface area contributed by atoms with E-state index in [2.05, 4.69) is 22.9 Å². The highest BCUT2D eigenvalue weighted by Gasteiger charge is 2.17. The van der Waals surface area contributed by atoms with Crippen LogP contribution in [0.1, 0.15) is 43.0 Å². The van der Waals surface area contributed by atoms with E-state index in [-0.39, 0.29) is 24.3 Å². The van der Waals surface area contributed by atoms with Crippen LogP contribution in [0.5, 0.6) is 0 Å². The molecule has 0 bridgehead atoms. The molecule has 2 aromatic rings. The number of carbonyl (C=O) groups excluding carboxylic acids is 2. The van der Waals surface area contributed by atoms with E-state index >= 15 is 0 Å². The monoisotopic (exact) mass is 353 g/mol. The highest BCUT2D eigenvalue weighted by molar-refractivity contribution is 5.91. The second-order valence-electron chi connectivity index (χ2n) is 6.40. The fraction of sp³-hybridized carbons (Fsp3) is 0.333. The summed E-state index contributed by atoms with van der Waals surface area (Å²) in [5, 5.41) is 9.05. The van der Waals surface area contributed by atoms with Crippen molar-refractivity contribution < 1.29 is 9.59 Å². The second-order valence-corrected chi connectivity index (χ2v) is 6.40. The predicted molar refractivity (Wildman–Crippen MR) is 105 cm³/mol. The first-order chi connectivity index (χ1) is 12.5. The molecule has 0 fully saturated rings. The third-order valence-electron chi connectivity index (χ3n) is 4.04. The molecule has 0 radical (unpaired) electrons. The average Bonchev–Trinajstić information content (AvgIpc) is 2.60. The smallest absolute Gasteiger partial charge is 0.226 e. The Kier molecular flexibility index (Phi) is 7.36. The summed E-state index contributed by atoms with van der Waals surface area (Å²) in [6, 6.07) is 15.3. The molecule has 138 valence electrons. The van der Waals surface area contributed by atoms with Crippen LogP contribution in [0.4, 0.5) is 5.69 Å². The molecule has 0 aromatic heterocycles. The van der Waals surface area contributed by atoms with Gasteiger partial charge >= 0.3 is 0 Å². The first-order valence-corrected chi connectivity index (χ1v) is 8.91. The van der Waals surface area contributed by atoms with Gasteiger partial charge in [-0.3, -0.25) is 9.59 Å². The quantitative estimate of drug-likeness (QED) is 0.682. The number of amides is 2. The molecule has 26 heavy (non-hydrogen) atoms. The number of hydrogen-bond acceptors (Lipinski definition) is 3. The summed E-state index contributed by atoms with van der Waals surface area (Å²) in [5.74, 6) is -0.291. The Morgan fingerprint density at radius 2 is 1.81 bits per heavy atom. The van der Waals surface area contributed by atoms with Crippen molar-refractivity contribution >= 4 is 17.5 Å². The van der Waals surface area contributed by atoms with Gasteiger partial charge in [0.1, 0.15) is 0 Å². The van der Waals surface area contributed by atoms with Gasteiger partial charge in [-0.25, -0.2) is 0 Å². The Morgan fingerprint density at radius 1 is 1.08 bits per heavy atom. The van der Waals surface area contributed by atoms with Crippen LogP contribution in [-0.2, 0) is 16.1 Å². The Morgan fingerprint density at radius 3 is 2.46 bits per heavy atom. The van der Waals surface area contributed by atoms with E-state index in [1.165, 1.54) is 6.92 Å². The number of nitrogens with one attached hydrogen (secondary N) is 3. The molecule has 0 aliphatic carbocycles. The van der Waals surface area contributed by atoms with E-state index in [9.17, 15) is 9.59 Å². The van der Waals surface area contributed by atoms with Crippen LogP contribution in [0.15, 0.2) is 48.5 Å². The molecule has 1 unspecified atom stereocenters. The van der Waals surface area contributed by atoms with Gasteiger partial charge in [0, 0.05) is 19.2 Å². The van der Waals surface area contributed by atoms with Crippen molar-refractivity contribution in [3.8, 4) is 0 Å². The minimum Gasteiger partial charge on any atom is -0.349 e. The molecular formula is C21H27N3O2. The zero-order chi connectivity index (χ0) is 18.9. The lowest BCUT2D eigenvalue weighted by Crippen LogP contribution is -2.29. The summed E-state index contributed by atoms with van der Waals surface area (Å²) in [7, 11) is 0. The minimum absolute atomic E-state index is 0.134. The Balaban J connectivity index is 2.04. The molecule has 2 amide bonds. The van der Waals surface area contributed by atoms with Gasteiger partial charge in [-0.05, 0) is 36.7 Å². The van der Waals surface area contributed by atoms with Crippen molar-refractivity contribution in [1.29, 1.82) is 0 Å². The Hall–Kier alpha value is -2.66. The summed E-state index contributed by atoms with van der Waals surface area (Å²) >= 11 is 0. The van der Waals surface area contributed by atoms with Gasteiger partial charge < -0.3 is 16.0 Å². The van der Waals surface area contributed by atoms with Crippen LogP contribution in [0, 0.1) is 6.92 Å². The largest absolute Gasteiger partial charge is 0.349 e. The van der Waals surface area contributed by atoms with Gasteiger partial charge in [0.2, 0.25) is 11.8 Å². The lowest BCUT2D eigenvalue weighted by molar-refractivity contribution is -0.120. The normalized spacial score (nSPS) is 11.7. The first-order valence-electron chi connectivity index (χ1n) is 8.91. The second kappa shape index (κ2) is 9.73. The molecule has 5 heteroatoms. The van der Waals surface area contributed by atoms with E-state index in [0.717, 1.165) is 35.5 Å². The van der Waals surface area contributed by atoms with Gasteiger partial charge in [-0.2, -0.15) is 0 Å². The Labute approximate surface area is 155 Å². The van der Waals surface area contributed by atoms with Crippen molar-refractivity contribution in [2.24, 2.45) is 0 Å².